The summed E-state index contributed by atoms with van der Waals surface area (Å²) >= 11 is 3.02. The summed E-state index contributed by atoms with van der Waals surface area (Å²) in [6.07, 6.45) is 0. The van der Waals surface area contributed by atoms with E-state index in [1.165, 1.54) is 12.1 Å². The van der Waals surface area contributed by atoms with Crippen LogP contribution in [0.1, 0.15) is 5.56 Å². The van der Waals surface area contributed by atoms with Crippen molar-refractivity contribution in [3.8, 4) is 0 Å². The second-order valence-electron chi connectivity index (χ2n) is 4.15. The highest BCUT2D eigenvalue weighted by Crippen LogP contribution is 2.26. The van der Waals surface area contributed by atoms with Crippen molar-refractivity contribution in [3.05, 3.63) is 58.1 Å². The minimum atomic E-state index is -4.16. The summed E-state index contributed by atoms with van der Waals surface area (Å²) in [5.74, 6) is -1.52. The minimum absolute atomic E-state index is 0.0852. The number of hydrogen-bond donors (Lipinski definition) is 2. The van der Waals surface area contributed by atoms with Crippen molar-refractivity contribution in [2.45, 2.75) is 11.5 Å². The van der Waals surface area contributed by atoms with Crippen molar-refractivity contribution < 1.29 is 22.3 Å². The molecule has 0 spiro atoms. The van der Waals surface area contributed by atoms with Gasteiger partial charge in [0.2, 0.25) is 0 Å². The summed E-state index contributed by atoms with van der Waals surface area (Å²) in [7, 11) is -4.16. The lowest BCUT2D eigenvalue weighted by Gasteiger charge is -2.11. The Kier molecular flexibility index (Phi) is 4.60. The Balaban J connectivity index is 2.38. The number of halogens is 3. The third-order valence-electron chi connectivity index (χ3n) is 2.64. The van der Waals surface area contributed by atoms with Crippen LogP contribution in [-0.2, 0) is 16.6 Å². The van der Waals surface area contributed by atoms with Gasteiger partial charge in [0.1, 0.15) is 16.5 Å². The lowest BCUT2D eigenvalue weighted by Crippen LogP contribution is -2.15. The number of aliphatic hydroxyl groups is 1. The maximum atomic E-state index is 13.8. The highest BCUT2D eigenvalue weighted by molar-refractivity contribution is 9.10. The number of nitrogens with one attached hydrogen (secondary N) is 1. The van der Waals surface area contributed by atoms with Crippen molar-refractivity contribution in [1.29, 1.82) is 0 Å². The quantitative estimate of drug-likeness (QED) is 0.860. The van der Waals surface area contributed by atoms with E-state index in [1.54, 1.807) is 0 Å². The monoisotopic (exact) mass is 377 g/mol. The van der Waals surface area contributed by atoms with Gasteiger partial charge in [0.15, 0.2) is 0 Å². The van der Waals surface area contributed by atoms with Crippen LogP contribution in [-0.4, -0.2) is 13.5 Å². The molecule has 0 bridgehead atoms. The first-order valence-electron chi connectivity index (χ1n) is 5.70. The average molecular weight is 378 g/mol. The number of benzene rings is 2. The van der Waals surface area contributed by atoms with Crippen LogP contribution in [0, 0.1) is 11.6 Å². The Morgan fingerprint density at radius 3 is 2.43 bits per heavy atom. The maximum Gasteiger partial charge on any atom is 0.264 e. The van der Waals surface area contributed by atoms with Crippen molar-refractivity contribution in [2.75, 3.05) is 4.72 Å². The van der Waals surface area contributed by atoms with Crippen molar-refractivity contribution in [3.63, 3.8) is 0 Å². The van der Waals surface area contributed by atoms with Gasteiger partial charge in [0.25, 0.3) is 10.0 Å². The standard InChI is InChI=1S/C13H10BrF2NO3S/c14-10-6-9(15)2-3-12(10)17-21(19,20)13-4-1-8(7-18)5-11(13)16/h1-6,17-18H,7H2. The van der Waals surface area contributed by atoms with Crippen LogP contribution >= 0.6 is 15.9 Å². The van der Waals surface area contributed by atoms with Crippen LogP contribution in [0.2, 0.25) is 0 Å². The molecule has 0 saturated carbocycles. The van der Waals surface area contributed by atoms with E-state index in [9.17, 15) is 17.2 Å². The molecule has 0 heterocycles. The lowest BCUT2D eigenvalue weighted by molar-refractivity contribution is 0.281. The first kappa shape index (κ1) is 15.9. The molecule has 0 radical (unpaired) electrons. The average Bonchev–Trinajstić information content (AvgIpc) is 2.41. The highest BCUT2D eigenvalue weighted by Gasteiger charge is 2.20. The maximum absolute atomic E-state index is 13.8. The van der Waals surface area contributed by atoms with Gasteiger partial charge in [0, 0.05) is 4.47 Å². The molecule has 2 aromatic carbocycles. The molecule has 2 rings (SSSR count). The molecule has 0 atom stereocenters. The Morgan fingerprint density at radius 1 is 1.14 bits per heavy atom. The predicted molar refractivity (Wildman–Crippen MR) is 77.2 cm³/mol. The van der Waals surface area contributed by atoms with E-state index in [0.717, 1.165) is 24.3 Å². The van der Waals surface area contributed by atoms with Crippen molar-refractivity contribution in [1.82, 2.24) is 0 Å². The molecule has 0 aliphatic heterocycles. The molecule has 0 aromatic heterocycles. The largest absolute Gasteiger partial charge is 0.392 e. The van der Waals surface area contributed by atoms with Gasteiger partial charge in [-0.25, -0.2) is 17.2 Å². The lowest BCUT2D eigenvalue weighted by atomic mass is 10.2. The SMILES string of the molecule is O=S(=O)(Nc1ccc(F)cc1Br)c1ccc(CO)cc1F. The fourth-order valence-corrected chi connectivity index (χ4v) is 3.35. The van der Waals surface area contributed by atoms with Gasteiger partial charge in [0.05, 0.1) is 12.3 Å². The number of aliphatic hydroxyl groups excluding tert-OH is 1. The molecule has 2 aromatic rings. The zero-order valence-corrected chi connectivity index (χ0v) is 12.9. The molecule has 4 nitrogen and oxygen atoms in total. The van der Waals surface area contributed by atoms with Gasteiger partial charge in [-0.1, -0.05) is 6.07 Å². The van der Waals surface area contributed by atoms with E-state index in [-0.39, 0.29) is 15.7 Å². The summed E-state index contributed by atoms with van der Waals surface area (Å²) in [4.78, 5) is -0.559. The Morgan fingerprint density at radius 2 is 1.86 bits per heavy atom. The zero-order valence-electron chi connectivity index (χ0n) is 10.5. The first-order valence-corrected chi connectivity index (χ1v) is 7.98. The first-order chi connectivity index (χ1) is 9.83. The van der Waals surface area contributed by atoms with E-state index < -0.39 is 33.2 Å². The Hall–Kier alpha value is -1.51. The van der Waals surface area contributed by atoms with Crippen LogP contribution in [0.25, 0.3) is 0 Å². The molecule has 21 heavy (non-hydrogen) atoms. The molecule has 0 unspecified atom stereocenters. The molecule has 8 heteroatoms. The van der Waals surface area contributed by atoms with Gasteiger partial charge in [-0.05, 0) is 51.8 Å². The van der Waals surface area contributed by atoms with E-state index in [2.05, 4.69) is 20.7 Å². The molecule has 112 valence electrons. The molecular weight excluding hydrogens is 368 g/mol. The summed E-state index contributed by atoms with van der Waals surface area (Å²) < 4.78 is 53.4. The summed E-state index contributed by atoms with van der Waals surface area (Å²) in [5.41, 5.74) is 0.344. The number of sulfonamides is 1. The molecular formula is C13H10BrF2NO3S. The van der Waals surface area contributed by atoms with E-state index in [0.29, 0.717) is 0 Å². The second-order valence-corrected chi connectivity index (χ2v) is 6.66. The zero-order chi connectivity index (χ0) is 15.6. The minimum Gasteiger partial charge on any atom is -0.392 e. The van der Waals surface area contributed by atoms with Crippen molar-refractivity contribution >= 4 is 31.6 Å². The highest BCUT2D eigenvalue weighted by atomic mass is 79.9. The third kappa shape index (κ3) is 3.58. The van der Waals surface area contributed by atoms with Gasteiger partial charge in [-0.15, -0.1) is 0 Å². The van der Waals surface area contributed by atoms with Gasteiger partial charge in [-0.2, -0.15) is 0 Å². The van der Waals surface area contributed by atoms with Crippen LogP contribution in [0.4, 0.5) is 14.5 Å². The van der Waals surface area contributed by atoms with Gasteiger partial charge in [-0.3, -0.25) is 4.72 Å². The van der Waals surface area contributed by atoms with Crippen LogP contribution < -0.4 is 4.72 Å². The predicted octanol–water partition coefficient (Wildman–Crippen LogP) is 3.02. The Bertz CT molecular complexity index is 781. The number of rotatable bonds is 4. The molecule has 2 N–H and O–H groups in total. The molecule has 0 amide bonds. The molecule has 0 aliphatic carbocycles. The smallest absolute Gasteiger partial charge is 0.264 e. The topological polar surface area (TPSA) is 66.4 Å². The molecule has 0 saturated heterocycles. The van der Waals surface area contributed by atoms with Gasteiger partial charge >= 0.3 is 0 Å². The molecule has 0 fully saturated rings. The van der Waals surface area contributed by atoms with Crippen molar-refractivity contribution in [2.24, 2.45) is 0 Å². The summed E-state index contributed by atoms with van der Waals surface area (Å²) in [6.45, 7) is -0.395. The number of anilines is 1. The van der Waals surface area contributed by atoms with Crippen LogP contribution in [0.3, 0.4) is 0 Å². The fourth-order valence-electron chi connectivity index (χ4n) is 1.63. The summed E-state index contributed by atoms with van der Waals surface area (Å²) in [5, 5.41) is 8.88. The van der Waals surface area contributed by atoms with E-state index >= 15 is 0 Å². The van der Waals surface area contributed by atoms with E-state index in [1.807, 2.05) is 0 Å². The van der Waals surface area contributed by atoms with E-state index in [4.69, 9.17) is 5.11 Å². The normalized spacial score (nSPS) is 11.4. The van der Waals surface area contributed by atoms with Crippen LogP contribution in [0.15, 0.2) is 45.8 Å². The van der Waals surface area contributed by atoms with Gasteiger partial charge < -0.3 is 5.11 Å². The third-order valence-corrected chi connectivity index (χ3v) is 4.70. The molecule has 0 aliphatic rings. The number of hydrogen-bond acceptors (Lipinski definition) is 3. The summed E-state index contributed by atoms with van der Waals surface area (Å²) in [6, 6.07) is 6.68. The van der Waals surface area contributed by atoms with Crippen LogP contribution in [0.5, 0.6) is 0 Å². The fraction of sp³-hybridized carbons (Fsp3) is 0.0769. The Labute approximate surface area is 128 Å². The second kappa shape index (κ2) is 6.08.